The highest BCUT2D eigenvalue weighted by Crippen LogP contribution is 2.28. The van der Waals surface area contributed by atoms with E-state index in [0.29, 0.717) is 0 Å². The SMILES string of the molecule is Nc1cc(N2CCC[C@@H](N)C2)ccc1[N+](=O)[O-]. The zero-order valence-electron chi connectivity index (χ0n) is 9.50. The average Bonchev–Trinajstić information content (AvgIpc) is 2.28. The fraction of sp³-hybridized carbons (Fsp3) is 0.455. The van der Waals surface area contributed by atoms with Gasteiger partial charge in [0, 0.05) is 30.9 Å². The first kappa shape index (κ1) is 11.7. The number of nitrogens with zero attached hydrogens (tertiary/aromatic N) is 2. The summed E-state index contributed by atoms with van der Waals surface area (Å²) in [5.74, 6) is 0. The van der Waals surface area contributed by atoms with E-state index in [1.165, 1.54) is 6.07 Å². The van der Waals surface area contributed by atoms with Crippen LogP contribution in [0.25, 0.3) is 0 Å². The van der Waals surface area contributed by atoms with Crippen LogP contribution in [-0.2, 0) is 0 Å². The molecule has 2 rings (SSSR count). The zero-order valence-corrected chi connectivity index (χ0v) is 9.50. The minimum Gasteiger partial charge on any atom is -0.393 e. The number of nitro benzene ring substituents is 1. The van der Waals surface area contributed by atoms with Crippen LogP contribution in [0.15, 0.2) is 18.2 Å². The third-order valence-electron chi connectivity index (χ3n) is 3.03. The summed E-state index contributed by atoms with van der Waals surface area (Å²) in [4.78, 5) is 12.3. The highest BCUT2D eigenvalue weighted by molar-refractivity contribution is 5.66. The molecule has 1 aromatic carbocycles. The monoisotopic (exact) mass is 236 g/mol. The predicted octanol–water partition coefficient (Wildman–Crippen LogP) is 1.10. The second kappa shape index (κ2) is 4.58. The number of nitro groups is 1. The summed E-state index contributed by atoms with van der Waals surface area (Å²) in [5, 5.41) is 10.7. The lowest BCUT2D eigenvalue weighted by molar-refractivity contribution is -0.383. The molecular formula is C11H16N4O2. The Kier molecular flexibility index (Phi) is 3.14. The molecule has 6 nitrogen and oxygen atoms in total. The van der Waals surface area contributed by atoms with Crippen molar-refractivity contribution in [3.63, 3.8) is 0 Å². The van der Waals surface area contributed by atoms with E-state index in [1.807, 2.05) is 0 Å². The van der Waals surface area contributed by atoms with Crippen molar-refractivity contribution in [3.8, 4) is 0 Å². The summed E-state index contributed by atoms with van der Waals surface area (Å²) >= 11 is 0. The third-order valence-corrected chi connectivity index (χ3v) is 3.03. The maximum atomic E-state index is 10.7. The molecule has 17 heavy (non-hydrogen) atoms. The smallest absolute Gasteiger partial charge is 0.292 e. The number of rotatable bonds is 2. The van der Waals surface area contributed by atoms with Gasteiger partial charge in [0.1, 0.15) is 5.69 Å². The maximum absolute atomic E-state index is 10.7. The van der Waals surface area contributed by atoms with Crippen molar-refractivity contribution in [1.82, 2.24) is 0 Å². The minimum absolute atomic E-state index is 0.0462. The van der Waals surface area contributed by atoms with E-state index in [1.54, 1.807) is 12.1 Å². The van der Waals surface area contributed by atoms with Crippen LogP contribution in [-0.4, -0.2) is 24.1 Å². The lowest BCUT2D eigenvalue weighted by atomic mass is 10.1. The van der Waals surface area contributed by atoms with Crippen LogP contribution in [0.1, 0.15) is 12.8 Å². The van der Waals surface area contributed by atoms with Gasteiger partial charge in [0.2, 0.25) is 0 Å². The summed E-state index contributed by atoms with van der Waals surface area (Å²) in [6, 6.07) is 4.99. The Balaban J connectivity index is 2.22. The van der Waals surface area contributed by atoms with E-state index in [0.717, 1.165) is 31.6 Å². The van der Waals surface area contributed by atoms with Gasteiger partial charge >= 0.3 is 0 Å². The van der Waals surface area contributed by atoms with Gasteiger partial charge in [-0.05, 0) is 25.0 Å². The molecule has 6 heteroatoms. The van der Waals surface area contributed by atoms with Gasteiger partial charge in [-0.2, -0.15) is 0 Å². The Morgan fingerprint density at radius 1 is 1.47 bits per heavy atom. The molecule has 92 valence electrons. The van der Waals surface area contributed by atoms with Gasteiger partial charge in [0.15, 0.2) is 0 Å². The summed E-state index contributed by atoms with van der Waals surface area (Å²) < 4.78 is 0. The first-order valence-corrected chi connectivity index (χ1v) is 5.62. The molecule has 0 saturated carbocycles. The minimum atomic E-state index is -0.471. The van der Waals surface area contributed by atoms with Crippen molar-refractivity contribution in [1.29, 1.82) is 0 Å². The molecule has 1 heterocycles. The molecule has 0 aliphatic carbocycles. The zero-order chi connectivity index (χ0) is 12.4. The molecule has 4 N–H and O–H groups in total. The molecule has 1 aromatic rings. The molecule has 0 aromatic heterocycles. The van der Waals surface area contributed by atoms with Crippen LogP contribution in [0.5, 0.6) is 0 Å². The van der Waals surface area contributed by atoms with Gasteiger partial charge < -0.3 is 16.4 Å². The van der Waals surface area contributed by atoms with Crippen molar-refractivity contribution in [2.75, 3.05) is 23.7 Å². The second-order valence-electron chi connectivity index (χ2n) is 4.35. The van der Waals surface area contributed by atoms with Gasteiger partial charge in [-0.15, -0.1) is 0 Å². The average molecular weight is 236 g/mol. The van der Waals surface area contributed by atoms with Gasteiger partial charge in [0.05, 0.1) is 4.92 Å². The second-order valence-corrected chi connectivity index (χ2v) is 4.35. The van der Waals surface area contributed by atoms with Crippen molar-refractivity contribution < 1.29 is 4.92 Å². The lowest BCUT2D eigenvalue weighted by Crippen LogP contribution is -2.42. The van der Waals surface area contributed by atoms with E-state index in [4.69, 9.17) is 11.5 Å². The topological polar surface area (TPSA) is 98.4 Å². The van der Waals surface area contributed by atoms with Crippen LogP contribution >= 0.6 is 0 Å². The summed E-state index contributed by atoms with van der Waals surface area (Å²) in [6.45, 7) is 1.70. The predicted molar refractivity (Wildman–Crippen MR) is 66.9 cm³/mol. The standard InChI is InChI=1S/C11H16N4O2/c12-8-2-1-5-14(7-8)9-3-4-11(15(16)17)10(13)6-9/h3-4,6,8H,1-2,5,7,12-13H2/t8-/m1/s1. The molecular weight excluding hydrogens is 220 g/mol. The van der Waals surface area contributed by atoms with Crippen LogP contribution in [0, 0.1) is 10.1 Å². The number of nitrogens with two attached hydrogens (primary N) is 2. The van der Waals surface area contributed by atoms with Crippen molar-refractivity contribution >= 4 is 17.1 Å². The fourth-order valence-electron chi connectivity index (χ4n) is 2.15. The Morgan fingerprint density at radius 2 is 2.24 bits per heavy atom. The Labute approximate surface area is 99.3 Å². The number of nitrogen functional groups attached to an aromatic ring is 1. The first-order valence-electron chi connectivity index (χ1n) is 5.62. The van der Waals surface area contributed by atoms with E-state index in [-0.39, 0.29) is 17.4 Å². The normalized spacial score (nSPS) is 20.3. The highest BCUT2D eigenvalue weighted by Gasteiger charge is 2.19. The number of anilines is 2. The largest absolute Gasteiger partial charge is 0.393 e. The molecule has 1 aliphatic rings. The Bertz CT molecular complexity index is 435. The Hall–Kier alpha value is -1.82. The third kappa shape index (κ3) is 2.47. The van der Waals surface area contributed by atoms with Crippen molar-refractivity contribution in [2.45, 2.75) is 18.9 Å². The van der Waals surface area contributed by atoms with Gasteiger partial charge in [-0.1, -0.05) is 0 Å². The first-order chi connectivity index (χ1) is 8.08. The molecule has 0 unspecified atom stereocenters. The van der Waals surface area contributed by atoms with Gasteiger partial charge in [0.25, 0.3) is 5.69 Å². The van der Waals surface area contributed by atoms with Crippen molar-refractivity contribution in [3.05, 3.63) is 28.3 Å². The summed E-state index contributed by atoms with van der Waals surface area (Å²) in [7, 11) is 0. The highest BCUT2D eigenvalue weighted by atomic mass is 16.6. The molecule has 1 aliphatic heterocycles. The molecule has 1 saturated heterocycles. The lowest BCUT2D eigenvalue weighted by Gasteiger charge is -2.32. The molecule has 1 fully saturated rings. The van der Waals surface area contributed by atoms with Gasteiger partial charge in [-0.25, -0.2) is 0 Å². The van der Waals surface area contributed by atoms with E-state index >= 15 is 0 Å². The summed E-state index contributed by atoms with van der Waals surface area (Å²) in [5.41, 5.74) is 12.6. The number of benzene rings is 1. The Morgan fingerprint density at radius 3 is 2.82 bits per heavy atom. The quantitative estimate of drug-likeness (QED) is 0.455. The molecule has 0 radical (unpaired) electrons. The van der Waals surface area contributed by atoms with Crippen LogP contribution in [0.4, 0.5) is 17.1 Å². The molecule has 0 spiro atoms. The summed E-state index contributed by atoms with van der Waals surface area (Å²) in [6.07, 6.45) is 2.07. The maximum Gasteiger partial charge on any atom is 0.292 e. The van der Waals surface area contributed by atoms with Gasteiger partial charge in [-0.3, -0.25) is 10.1 Å². The van der Waals surface area contributed by atoms with E-state index in [2.05, 4.69) is 4.90 Å². The van der Waals surface area contributed by atoms with Crippen molar-refractivity contribution in [2.24, 2.45) is 5.73 Å². The molecule has 0 bridgehead atoms. The number of piperidine rings is 1. The van der Waals surface area contributed by atoms with Crippen LogP contribution in [0.3, 0.4) is 0 Å². The van der Waals surface area contributed by atoms with E-state index < -0.39 is 4.92 Å². The van der Waals surface area contributed by atoms with Crippen LogP contribution in [0.2, 0.25) is 0 Å². The fourth-order valence-corrected chi connectivity index (χ4v) is 2.15. The number of hydrogen-bond donors (Lipinski definition) is 2. The van der Waals surface area contributed by atoms with E-state index in [9.17, 15) is 10.1 Å². The molecule has 1 atom stereocenters. The molecule has 0 amide bonds. The number of hydrogen-bond acceptors (Lipinski definition) is 5. The van der Waals surface area contributed by atoms with Crippen LogP contribution < -0.4 is 16.4 Å².